The van der Waals surface area contributed by atoms with E-state index in [9.17, 15) is 9.90 Å². The molecule has 0 aliphatic carbocycles. The minimum atomic E-state index is -1.15. The van der Waals surface area contributed by atoms with Crippen LogP contribution in [0.2, 0.25) is 0 Å². The van der Waals surface area contributed by atoms with E-state index in [1.165, 1.54) is 0 Å². The molecular weight excluding hydrogens is 186 g/mol. The highest BCUT2D eigenvalue weighted by Gasteiger charge is 2.38. The average molecular weight is 199 g/mol. The molecule has 1 atom stereocenters. The predicted octanol–water partition coefficient (Wildman–Crippen LogP) is -0.00610. The van der Waals surface area contributed by atoms with Crippen molar-refractivity contribution in [2.45, 2.75) is 18.9 Å². The Morgan fingerprint density at radius 3 is 3.08 bits per heavy atom. The first-order valence-electron chi connectivity index (χ1n) is 4.17. The predicted molar refractivity (Wildman–Crippen MR) is 53.4 cm³/mol. The van der Waals surface area contributed by atoms with Crippen LogP contribution in [-0.2, 0) is 4.79 Å². The molecule has 0 radical (unpaired) electrons. The van der Waals surface area contributed by atoms with Gasteiger partial charge in [-0.3, -0.25) is 4.79 Å². The summed E-state index contributed by atoms with van der Waals surface area (Å²) in [5.41, 5.74) is -1.15. The Kier molecular flexibility index (Phi) is 3.64. The zero-order chi connectivity index (χ0) is 9.73. The lowest BCUT2D eigenvalue weighted by Crippen LogP contribution is -2.47. The molecule has 1 rings (SSSR count). The summed E-state index contributed by atoms with van der Waals surface area (Å²) in [4.78, 5) is 11.4. The van der Waals surface area contributed by atoms with Crippen molar-refractivity contribution in [1.82, 2.24) is 5.32 Å². The SMILES string of the molecule is CC#CCNC(=O)C1(O)CCSC1. The van der Waals surface area contributed by atoms with Gasteiger partial charge in [0, 0.05) is 5.75 Å². The van der Waals surface area contributed by atoms with E-state index in [0.29, 0.717) is 18.7 Å². The van der Waals surface area contributed by atoms with Crippen LogP contribution in [0.5, 0.6) is 0 Å². The van der Waals surface area contributed by atoms with Gasteiger partial charge in [0.25, 0.3) is 5.91 Å². The number of aliphatic hydroxyl groups is 1. The van der Waals surface area contributed by atoms with Gasteiger partial charge in [-0.25, -0.2) is 0 Å². The summed E-state index contributed by atoms with van der Waals surface area (Å²) in [6, 6.07) is 0. The number of amides is 1. The van der Waals surface area contributed by atoms with Gasteiger partial charge >= 0.3 is 0 Å². The lowest BCUT2D eigenvalue weighted by molar-refractivity contribution is -0.136. The van der Waals surface area contributed by atoms with Crippen LogP contribution in [0.1, 0.15) is 13.3 Å². The van der Waals surface area contributed by atoms with Crippen molar-refractivity contribution in [3.8, 4) is 11.8 Å². The molecular formula is C9H13NO2S. The van der Waals surface area contributed by atoms with Crippen LogP contribution in [0.15, 0.2) is 0 Å². The van der Waals surface area contributed by atoms with Crippen LogP contribution >= 0.6 is 11.8 Å². The molecule has 0 aromatic carbocycles. The maximum atomic E-state index is 11.4. The van der Waals surface area contributed by atoms with Gasteiger partial charge in [-0.15, -0.1) is 5.92 Å². The molecule has 72 valence electrons. The van der Waals surface area contributed by atoms with Crippen LogP contribution < -0.4 is 5.32 Å². The second-order valence-electron chi connectivity index (χ2n) is 2.94. The molecule has 0 aromatic heterocycles. The Bertz CT molecular complexity index is 248. The van der Waals surface area contributed by atoms with Crippen molar-refractivity contribution in [2.75, 3.05) is 18.1 Å². The molecule has 3 nitrogen and oxygen atoms in total. The highest BCUT2D eigenvalue weighted by atomic mass is 32.2. The molecule has 0 aromatic rings. The Hall–Kier alpha value is -0.660. The molecule has 13 heavy (non-hydrogen) atoms. The summed E-state index contributed by atoms with van der Waals surface area (Å²) < 4.78 is 0. The number of hydrogen-bond donors (Lipinski definition) is 2. The lowest BCUT2D eigenvalue weighted by Gasteiger charge is -2.18. The van der Waals surface area contributed by atoms with Crippen molar-refractivity contribution in [2.24, 2.45) is 0 Å². The summed E-state index contributed by atoms with van der Waals surface area (Å²) >= 11 is 1.60. The van der Waals surface area contributed by atoms with E-state index in [4.69, 9.17) is 0 Å². The van der Waals surface area contributed by atoms with Gasteiger partial charge in [0.2, 0.25) is 0 Å². The third kappa shape index (κ3) is 2.64. The van der Waals surface area contributed by atoms with E-state index in [-0.39, 0.29) is 5.91 Å². The Labute approximate surface area is 82.3 Å². The van der Waals surface area contributed by atoms with Gasteiger partial charge in [-0.1, -0.05) is 5.92 Å². The summed E-state index contributed by atoms with van der Waals surface area (Å²) in [5.74, 6) is 6.45. The van der Waals surface area contributed by atoms with E-state index in [0.717, 1.165) is 5.75 Å². The monoisotopic (exact) mass is 199 g/mol. The van der Waals surface area contributed by atoms with E-state index in [1.54, 1.807) is 18.7 Å². The molecule has 1 unspecified atom stereocenters. The third-order valence-electron chi connectivity index (χ3n) is 1.94. The Balaban J connectivity index is 2.40. The fourth-order valence-electron chi connectivity index (χ4n) is 1.11. The Morgan fingerprint density at radius 2 is 2.54 bits per heavy atom. The van der Waals surface area contributed by atoms with Gasteiger partial charge in [-0.05, 0) is 19.1 Å². The number of carbonyl (C=O) groups is 1. The molecule has 2 N–H and O–H groups in total. The van der Waals surface area contributed by atoms with E-state index < -0.39 is 5.60 Å². The largest absolute Gasteiger partial charge is 0.379 e. The summed E-state index contributed by atoms with van der Waals surface area (Å²) in [7, 11) is 0. The molecule has 1 aliphatic rings. The van der Waals surface area contributed by atoms with Crippen molar-refractivity contribution in [3.05, 3.63) is 0 Å². The number of nitrogens with one attached hydrogen (secondary N) is 1. The van der Waals surface area contributed by atoms with Crippen LogP contribution in [0.4, 0.5) is 0 Å². The van der Waals surface area contributed by atoms with Crippen molar-refractivity contribution in [3.63, 3.8) is 0 Å². The van der Waals surface area contributed by atoms with Crippen LogP contribution in [0.25, 0.3) is 0 Å². The maximum absolute atomic E-state index is 11.4. The van der Waals surface area contributed by atoms with Crippen LogP contribution in [0.3, 0.4) is 0 Å². The average Bonchev–Trinajstić information content (AvgIpc) is 2.54. The van der Waals surface area contributed by atoms with E-state index in [2.05, 4.69) is 17.2 Å². The maximum Gasteiger partial charge on any atom is 0.253 e. The van der Waals surface area contributed by atoms with Crippen molar-refractivity contribution < 1.29 is 9.90 Å². The molecule has 0 spiro atoms. The molecule has 1 heterocycles. The minimum Gasteiger partial charge on any atom is -0.379 e. The highest BCUT2D eigenvalue weighted by Crippen LogP contribution is 2.27. The molecule has 1 saturated heterocycles. The zero-order valence-corrected chi connectivity index (χ0v) is 8.41. The zero-order valence-electron chi connectivity index (χ0n) is 7.59. The molecule has 0 bridgehead atoms. The normalized spacial score (nSPS) is 26.3. The lowest BCUT2D eigenvalue weighted by atomic mass is 10.0. The molecule has 1 amide bonds. The molecule has 1 aliphatic heterocycles. The summed E-state index contributed by atoms with van der Waals surface area (Å²) in [5, 5.41) is 12.4. The van der Waals surface area contributed by atoms with Gasteiger partial charge in [0.1, 0.15) is 0 Å². The molecule has 4 heteroatoms. The number of hydrogen-bond acceptors (Lipinski definition) is 3. The fraction of sp³-hybridized carbons (Fsp3) is 0.667. The quantitative estimate of drug-likeness (QED) is 0.615. The second-order valence-corrected chi connectivity index (χ2v) is 4.05. The first-order valence-corrected chi connectivity index (χ1v) is 5.32. The highest BCUT2D eigenvalue weighted by molar-refractivity contribution is 7.99. The Morgan fingerprint density at radius 1 is 1.77 bits per heavy atom. The smallest absolute Gasteiger partial charge is 0.253 e. The standard InChI is InChI=1S/C9H13NO2S/c1-2-3-5-10-8(11)9(12)4-6-13-7-9/h12H,4-7H2,1H3,(H,10,11). The van der Waals surface area contributed by atoms with Crippen molar-refractivity contribution in [1.29, 1.82) is 0 Å². The van der Waals surface area contributed by atoms with Gasteiger partial charge in [-0.2, -0.15) is 11.8 Å². The van der Waals surface area contributed by atoms with Crippen molar-refractivity contribution >= 4 is 17.7 Å². The first kappa shape index (κ1) is 10.4. The molecule has 0 saturated carbocycles. The third-order valence-corrected chi connectivity index (χ3v) is 3.11. The van der Waals surface area contributed by atoms with E-state index >= 15 is 0 Å². The van der Waals surface area contributed by atoms with Crippen LogP contribution in [-0.4, -0.2) is 34.7 Å². The van der Waals surface area contributed by atoms with Gasteiger partial charge < -0.3 is 10.4 Å². The van der Waals surface area contributed by atoms with Gasteiger partial charge in [0.05, 0.1) is 6.54 Å². The van der Waals surface area contributed by atoms with Gasteiger partial charge in [0.15, 0.2) is 5.60 Å². The van der Waals surface area contributed by atoms with E-state index in [1.807, 2.05) is 0 Å². The minimum absolute atomic E-state index is 0.291. The fourth-order valence-corrected chi connectivity index (χ4v) is 2.35. The number of thioether (sulfide) groups is 1. The van der Waals surface area contributed by atoms with Crippen LogP contribution in [0, 0.1) is 11.8 Å². The first-order chi connectivity index (χ1) is 6.19. The number of carbonyl (C=O) groups excluding carboxylic acids is 1. The topological polar surface area (TPSA) is 49.3 Å². The number of rotatable bonds is 2. The molecule has 1 fully saturated rings. The summed E-state index contributed by atoms with van der Waals surface area (Å²) in [6.07, 6.45) is 0.545. The summed E-state index contributed by atoms with van der Waals surface area (Å²) in [6.45, 7) is 2.04. The second kappa shape index (κ2) is 4.54.